The fraction of sp³-hybridized carbons (Fsp3) is 0.245. The topological polar surface area (TPSA) is 66.9 Å². The smallest absolute Gasteiger partial charge is 0.229 e. The van der Waals surface area contributed by atoms with Gasteiger partial charge in [0.15, 0.2) is 0 Å². The molecule has 0 bridgehead atoms. The molecule has 61 heavy (non-hydrogen) atoms. The van der Waals surface area contributed by atoms with Gasteiger partial charge in [0, 0.05) is 47.2 Å². The second-order valence-electron chi connectivity index (χ2n) is 15.4. The van der Waals surface area contributed by atoms with E-state index >= 15 is 0 Å². The maximum atomic E-state index is 13.4. The molecule has 0 fully saturated rings. The molecule has 2 aromatic heterocycles. The molecule has 8 heteroatoms. The lowest BCUT2D eigenvalue weighted by molar-refractivity contribution is -0.122. The van der Waals surface area contributed by atoms with Gasteiger partial charge in [-0.05, 0) is 115 Å². The van der Waals surface area contributed by atoms with Gasteiger partial charge in [0.25, 0.3) is 0 Å². The lowest BCUT2D eigenvalue weighted by atomic mass is 9.94. The van der Waals surface area contributed by atoms with Crippen molar-refractivity contribution >= 4 is 61.5 Å². The third-order valence-electron chi connectivity index (χ3n) is 11.2. The normalized spacial score (nSPS) is 13.2. The molecule has 7 nitrogen and oxygen atoms in total. The Morgan fingerprint density at radius 1 is 0.820 bits per heavy atom. The first kappa shape index (κ1) is 44.5. The SMILES string of the molecule is C.C.COCC(Cc1ccc(N(c2ccccc2)c2cccs2)c(C)c1)OCC(C)C(=O)Nc1ccc(-c2ccc(N3C(C)=C(C)Cc4ccccc43)c3ccccc23)nc1. The van der Waals surface area contributed by atoms with Crippen molar-refractivity contribution in [3.8, 4) is 11.3 Å². The number of rotatable bonds is 14. The molecule has 8 rings (SSSR count). The Bertz CT molecular complexity index is 2590. The Morgan fingerprint density at radius 2 is 1.57 bits per heavy atom. The first-order chi connectivity index (χ1) is 28.8. The van der Waals surface area contributed by atoms with E-state index in [0.717, 1.165) is 56.1 Å². The quantitative estimate of drug-likeness (QED) is 0.118. The summed E-state index contributed by atoms with van der Waals surface area (Å²) in [6.07, 6.45) is 3.15. The van der Waals surface area contributed by atoms with E-state index < -0.39 is 0 Å². The molecule has 1 amide bonds. The van der Waals surface area contributed by atoms with Crippen molar-refractivity contribution < 1.29 is 14.3 Å². The number of amides is 1. The minimum Gasteiger partial charge on any atom is -0.382 e. The molecule has 2 atom stereocenters. The number of nitrogens with one attached hydrogen (secondary N) is 1. The molecule has 7 aromatic rings. The van der Waals surface area contributed by atoms with Gasteiger partial charge in [0.1, 0.15) is 0 Å². The number of thiophene rings is 1. The molecule has 5 aromatic carbocycles. The highest BCUT2D eigenvalue weighted by Crippen LogP contribution is 2.44. The number of allylic oxidation sites excluding steroid dienone is 2. The second-order valence-corrected chi connectivity index (χ2v) is 16.3. The van der Waals surface area contributed by atoms with Gasteiger partial charge in [-0.2, -0.15) is 0 Å². The van der Waals surface area contributed by atoms with E-state index in [9.17, 15) is 4.79 Å². The van der Waals surface area contributed by atoms with Crippen LogP contribution in [0.5, 0.6) is 0 Å². The first-order valence-corrected chi connectivity index (χ1v) is 21.1. The number of nitrogens with zero attached hydrogens (tertiary/aromatic N) is 3. The van der Waals surface area contributed by atoms with Gasteiger partial charge in [-0.1, -0.05) is 101 Å². The Balaban J connectivity index is 0.00000311. The highest BCUT2D eigenvalue weighted by Gasteiger charge is 2.25. The molecule has 2 unspecified atom stereocenters. The fourth-order valence-electron chi connectivity index (χ4n) is 7.99. The summed E-state index contributed by atoms with van der Waals surface area (Å²) < 4.78 is 11.9. The summed E-state index contributed by atoms with van der Waals surface area (Å²) in [5, 5.41) is 8.60. The zero-order valence-corrected chi connectivity index (χ0v) is 35.1. The van der Waals surface area contributed by atoms with Crippen LogP contribution in [0.15, 0.2) is 156 Å². The third kappa shape index (κ3) is 9.63. The monoisotopic (exact) mass is 830 g/mol. The number of aromatic nitrogens is 1. The van der Waals surface area contributed by atoms with Crippen molar-refractivity contribution in [2.24, 2.45) is 5.92 Å². The second kappa shape index (κ2) is 20.0. The minimum absolute atomic E-state index is 0. The van der Waals surface area contributed by atoms with Crippen LogP contribution in [0.2, 0.25) is 0 Å². The predicted molar refractivity (Wildman–Crippen MR) is 258 cm³/mol. The molecular formula is C53H58N4O3S. The summed E-state index contributed by atoms with van der Waals surface area (Å²) in [6.45, 7) is 9.14. The molecule has 0 saturated carbocycles. The molecule has 0 spiro atoms. The summed E-state index contributed by atoms with van der Waals surface area (Å²) >= 11 is 1.72. The number of aryl methyl sites for hydroxylation is 1. The van der Waals surface area contributed by atoms with Crippen LogP contribution in [-0.4, -0.2) is 37.3 Å². The van der Waals surface area contributed by atoms with Crippen molar-refractivity contribution in [2.45, 2.75) is 61.5 Å². The van der Waals surface area contributed by atoms with Gasteiger partial charge >= 0.3 is 0 Å². The van der Waals surface area contributed by atoms with Crippen LogP contribution in [-0.2, 0) is 27.1 Å². The number of methoxy groups -OCH3 is 1. The number of hydrogen-bond donors (Lipinski definition) is 1. The Morgan fingerprint density at radius 3 is 2.30 bits per heavy atom. The van der Waals surface area contributed by atoms with Gasteiger partial charge in [-0.15, -0.1) is 11.3 Å². The van der Waals surface area contributed by atoms with Gasteiger partial charge < -0.3 is 24.6 Å². The lowest BCUT2D eigenvalue weighted by Crippen LogP contribution is -2.29. The van der Waals surface area contributed by atoms with E-state index in [-0.39, 0.29) is 39.4 Å². The van der Waals surface area contributed by atoms with Crippen molar-refractivity contribution in [1.82, 2.24) is 4.98 Å². The standard InChI is InChI=1S/C51H50N4O3S.2CH4/c1-34-29-39-14-9-12-19-48(39)54(37(34)4)49-26-23-44(43-17-10-11-18-45(43)49)46-24-22-40(31-52-46)53-51(56)36(3)32-58-42(33-57-5)30-38-21-25-47(35(2)28-38)55(50-20-13-27-59-50)41-15-7-6-8-16-41;;/h6-28,31,36,42H,29-30,32-33H2,1-5H3,(H,53,56);2*1H4. The first-order valence-electron chi connectivity index (χ1n) is 20.2. The van der Waals surface area contributed by atoms with Gasteiger partial charge in [0.05, 0.1) is 53.5 Å². The number of anilines is 6. The molecular weight excluding hydrogens is 773 g/mol. The summed E-state index contributed by atoms with van der Waals surface area (Å²) in [7, 11) is 1.68. The Labute approximate surface area is 366 Å². The minimum atomic E-state index is -0.388. The Hall–Kier alpha value is -6.06. The number of fused-ring (bicyclic) bond motifs is 2. The molecule has 0 radical (unpaired) electrons. The summed E-state index contributed by atoms with van der Waals surface area (Å²) in [5.41, 5.74) is 13.4. The van der Waals surface area contributed by atoms with Gasteiger partial charge in [-0.3, -0.25) is 9.78 Å². The third-order valence-corrected chi connectivity index (χ3v) is 12.0. The molecule has 0 aliphatic carbocycles. The van der Waals surface area contributed by atoms with E-state index in [1.165, 1.54) is 28.1 Å². The molecule has 1 aliphatic rings. The maximum Gasteiger partial charge on any atom is 0.229 e. The fourth-order valence-corrected chi connectivity index (χ4v) is 8.76. The van der Waals surface area contributed by atoms with Gasteiger partial charge in [0.2, 0.25) is 5.91 Å². The number of hydrogen-bond acceptors (Lipinski definition) is 7. The maximum absolute atomic E-state index is 13.4. The van der Waals surface area contributed by atoms with Crippen LogP contribution in [0.1, 0.15) is 52.3 Å². The van der Waals surface area contributed by atoms with Crippen LogP contribution in [0.4, 0.5) is 33.4 Å². The molecule has 1 N–H and O–H groups in total. The average molecular weight is 831 g/mol. The lowest BCUT2D eigenvalue weighted by Gasteiger charge is -2.34. The van der Waals surface area contributed by atoms with Crippen molar-refractivity contribution in [2.75, 3.05) is 35.4 Å². The van der Waals surface area contributed by atoms with Crippen molar-refractivity contribution in [1.29, 1.82) is 0 Å². The summed E-state index contributed by atoms with van der Waals surface area (Å²) in [6, 6.07) is 46.7. The number of carbonyl (C=O) groups is 1. The van der Waals surface area contributed by atoms with E-state index in [0.29, 0.717) is 18.7 Å². The van der Waals surface area contributed by atoms with E-state index in [1.54, 1.807) is 24.6 Å². The molecule has 1 aliphatic heterocycles. The molecule has 314 valence electrons. The average Bonchev–Trinajstić information content (AvgIpc) is 3.79. The van der Waals surface area contributed by atoms with E-state index in [4.69, 9.17) is 14.5 Å². The molecule has 3 heterocycles. The number of benzene rings is 5. The number of carbonyl (C=O) groups excluding carboxylic acids is 1. The molecule has 0 saturated heterocycles. The Kier molecular flexibility index (Phi) is 14.6. The highest BCUT2D eigenvalue weighted by molar-refractivity contribution is 7.14. The van der Waals surface area contributed by atoms with Crippen LogP contribution < -0.4 is 15.1 Å². The zero-order chi connectivity index (χ0) is 40.9. The van der Waals surface area contributed by atoms with Crippen LogP contribution in [0.25, 0.3) is 22.0 Å². The summed E-state index contributed by atoms with van der Waals surface area (Å²) in [5.74, 6) is -0.512. The zero-order valence-electron chi connectivity index (χ0n) is 34.3. The van der Waals surface area contributed by atoms with Crippen LogP contribution >= 0.6 is 11.3 Å². The summed E-state index contributed by atoms with van der Waals surface area (Å²) in [4.78, 5) is 22.9. The number of pyridine rings is 1. The van der Waals surface area contributed by atoms with Crippen molar-refractivity contribution in [3.63, 3.8) is 0 Å². The van der Waals surface area contributed by atoms with E-state index in [1.807, 2.05) is 25.1 Å². The van der Waals surface area contributed by atoms with Crippen LogP contribution in [0, 0.1) is 12.8 Å². The van der Waals surface area contributed by atoms with Crippen molar-refractivity contribution in [3.05, 3.63) is 173 Å². The van der Waals surface area contributed by atoms with Gasteiger partial charge in [-0.25, -0.2) is 0 Å². The highest BCUT2D eigenvalue weighted by atomic mass is 32.1. The largest absolute Gasteiger partial charge is 0.382 e. The van der Waals surface area contributed by atoms with E-state index in [2.05, 4.69) is 157 Å². The number of ether oxygens (including phenoxy) is 2. The predicted octanol–water partition coefficient (Wildman–Crippen LogP) is 13.9. The van der Waals surface area contributed by atoms with Crippen LogP contribution in [0.3, 0.4) is 0 Å². The number of para-hydroxylation sites is 2.